The minimum Gasteiger partial charge on any atom is -0.384 e. The molecule has 0 aliphatic carbocycles. The van der Waals surface area contributed by atoms with Crippen LogP contribution in [0.1, 0.15) is 16.8 Å². The average molecular weight is 306 g/mol. The van der Waals surface area contributed by atoms with E-state index in [9.17, 15) is 0 Å². The molecule has 1 N–H and O–H groups in total. The monoisotopic (exact) mass is 306 g/mol. The highest BCUT2D eigenvalue weighted by Gasteiger charge is 2.18. The summed E-state index contributed by atoms with van der Waals surface area (Å²) in [5.41, 5.74) is 8.49. The molecule has 0 radical (unpaired) electrons. The summed E-state index contributed by atoms with van der Waals surface area (Å²) >= 11 is 0. The van der Waals surface area contributed by atoms with E-state index in [-0.39, 0.29) is 0 Å². The van der Waals surface area contributed by atoms with E-state index in [4.69, 9.17) is 4.98 Å². The van der Waals surface area contributed by atoms with Crippen molar-refractivity contribution in [3.05, 3.63) is 53.3 Å². The number of aromatic nitrogens is 2. The molecule has 3 aromatic rings. The molecule has 3 heterocycles. The first-order valence-corrected chi connectivity index (χ1v) is 8.12. The number of benzene rings is 1. The Morgan fingerprint density at radius 1 is 1.26 bits per heavy atom. The van der Waals surface area contributed by atoms with Crippen molar-refractivity contribution in [2.75, 3.05) is 26.0 Å². The van der Waals surface area contributed by atoms with Gasteiger partial charge in [0.15, 0.2) is 0 Å². The van der Waals surface area contributed by atoms with Gasteiger partial charge in [-0.1, -0.05) is 12.1 Å². The van der Waals surface area contributed by atoms with Crippen molar-refractivity contribution < 1.29 is 0 Å². The highest BCUT2D eigenvalue weighted by Crippen LogP contribution is 2.31. The second-order valence-corrected chi connectivity index (χ2v) is 6.58. The lowest BCUT2D eigenvalue weighted by atomic mass is 10.0. The van der Waals surface area contributed by atoms with E-state index in [0.717, 1.165) is 30.9 Å². The normalized spacial score (nSPS) is 13.6. The minimum absolute atomic E-state index is 0.870. The van der Waals surface area contributed by atoms with Gasteiger partial charge < -0.3 is 14.6 Å². The number of nitrogens with one attached hydrogen (secondary N) is 1. The molecule has 1 aromatic carbocycles. The smallest absolute Gasteiger partial charge is 0.140 e. The van der Waals surface area contributed by atoms with Crippen LogP contribution in [0, 0.1) is 6.92 Å². The number of fused-ring (bicyclic) bond motifs is 2. The fourth-order valence-electron chi connectivity index (χ4n) is 3.39. The Hall–Kier alpha value is -2.33. The average Bonchev–Trinajstić information content (AvgIpc) is 3.12. The van der Waals surface area contributed by atoms with Crippen molar-refractivity contribution in [3.8, 4) is 11.3 Å². The van der Waals surface area contributed by atoms with Crippen molar-refractivity contribution in [2.24, 2.45) is 0 Å². The zero-order valence-electron chi connectivity index (χ0n) is 13.9. The van der Waals surface area contributed by atoms with Gasteiger partial charge in [0, 0.05) is 30.5 Å². The van der Waals surface area contributed by atoms with Crippen molar-refractivity contribution >= 4 is 11.3 Å². The Balaban J connectivity index is 1.93. The maximum absolute atomic E-state index is 4.98. The third-order valence-electron chi connectivity index (χ3n) is 4.50. The van der Waals surface area contributed by atoms with Gasteiger partial charge in [-0.15, -0.1) is 0 Å². The fraction of sp³-hybridized carbons (Fsp3) is 0.316. The topological polar surface area (TPSA) is 32.6 Å². The SMILES string of the molecule is Cc1cccn2c(CN(C)C)c(-c3ccc4c(c3)CCN4)nc12. The maximum Gasteiger partial charge on any atom is 0.140 e. The molecule has 0 amide bonds. The molecule has 0 fully saturated rings. The fourth-order valence-corrected chi connectivity index (χ4v) is 3.39. The van der Waals surface area contributed by atoms with E-state index in [0.29, 0.717) is 0 Å². The molecule has 0 saturated heterocycles. The molecule has 0 saturated carbocycles. The summed E-state index contributed by atoms with van der Waals surface area (Å²) in [6.07, 6.45) is 3.21. The van der Waals surface area contributed by atoms with Gasteiger partial charge in [-0.2, -0.15) is 0 Å². The minimum atomic E-state index is 0.870. The molecular formula is C19H22N4. The maximum atomic E-state index is 4.98. The van der Waals surface area contributed by atoms with Crippen LogP contribution in [0.4, 0.5) is 5.69 Å². The number of hydrogen-bond donors (Lipinski definition) is 1. The summed E-state index contributed by atoms with van der Waals surface area (Å²) in [6.45, 7) is 4.03. The van der Waals surface area contributed by atoms with Crippen LogP contribution in [0.25, 0.3) is 16.9 Å². The van der Waals surface area contributed by atoms with Crippen LogP contribution >= 0.6 is 0 Å². The number of anilines is 1. The first kappa shape index (κ1) is 14.3. The molecule has 0 spiro atoms. The van der Waals surface area contributed by atoms with Gasteiger partial charge in [0.25, 0.3) is 0 Å². The van der Waals surface area contributed by atoms with Gasteiger partial charge in [-0.05, 0) is 56.8 Å². The highest BCUT2D eigenvalue weighted by atomic mass is 15.1. The standard InChI is InChI=1S/C19H22N4/c1-13-5-4-10-23-17(12-22(2)3)18(21-19(13)23)15-6-7-16-14(11-15)8-9-20-16/h4-7,10-11,20H,8-9,12H2,1-3H3. The van der Waals surface area contributed by atoms with Gasteiger partial charge in [0.1, 0.15) is 5.65 Å². The zero-order valence-corrected chi connectivity index (χ0v) is 13.9. The van der Waals surface area contributed by atoms with E-state index in [2.05, 4.69) is 72.2 Å². The van der Waals surface area contributed by atoms with Crippen LogP contribution < -0.4 is 5.32 Å². The van der Waals surface area contributed by atoms with E-state index in [1.54, 1.807) is 0 Å². The largest absolute Gasteiger partial charge is 0.384 e. The first-order chi connectivity index (χ1) is 11.1. The molecule has 4 heteroatoms. The van der Waals surface area contributed by atoms with Crippen LogP contribution in [0.3, 0.4) is 0 Å². The number of rotatable bonds is 3. The summed E-state index contributed by atoms with van der Waals surface area (Å²) in [5.74, 6) is 0. The van der Waals surface area contributed by atoms with Crippen LogP contribution in [0.2, 0.25) is 0 Å². The first-order valence-electron chi connectivity index (χ1n) is 8.12. The Kier molecular flexibility index (Phi) is 3.34. The Morgan fingerprint density at radius 3 is 2.96 bits per heavy atom. The van der Waals surface area contributed by atoms with Gasteiger partial charge in [-0.25, -0.2) is 4.98 Å². The lowest BCUT2D eigenvalue weighted by Gasteiger charge is -2.12. The highest BCUT2D eigenvalue weighted by molar-refractivity contribution is 5.72. The molecular weight excluding hydrogens is 284 g/mol. The summed E-state index contributed by atoms with van der Waals surface area (Å²) in [6, 6.07) is 10.9. The van der Waals surface area contributed by atoms with Gasteiger partial charge >= 0.3 is 0 Å². The lowest BCUT2D eigenvalue weighted by Crippen LogP contribution is -2.13. The van der Waals surface area contributed by atoms with Crippen molar-refractivity contribution in [1.29, 1.82) is 0 Å². The van der Waals surface area contributed by atoms with E-state index in [1.807, 2.05) is 0 Å². The molecule has 4 nitrogen and oxygen atoms in total. The molecule has 118 valence electrons. The molecule has 4 rings (SSSR count). The summed E-state index contributed by atoms with van der Waals surface area (Å²) in [5, 5.41) is 3.43. The van der Waals surface area contributed by atoms with E-state index >= 15 is 0 Å². The zero-order chi connectivity index (χ0) is 16.0. The molecule has 0 bridgehead atoms. The summed E-state index contributed by atoms with van der Waals surface area (Å²) in [4.78, 5) is 7.18. The predicted octanol–water partition coefficient (Wildman–Crippen LogP) is 3.34. The van der Waals surface area contributed by atoms with Crippen molar-refractivity contribution in [1.82, 2.24) is 14.3 Å². The quantitative estimate of drug-likeness (QED) is 0.805. The third kappa shape index (κ3) is 2.39. The van der Waals surface area contributed by atoms with Gasteiger partial charge in [0.05, 0.1) is 11.4 Å². The Morgan fingerprint density at radius 2 is 2.13 bits per heavy atom. The number of nitrogens with zero attached hydrogens (tertiary/aromatic N) is 3. The molecule has 1 aliphatic heterocycles. The van der Waals surface area contributed by atoms with Crippen LogP contribution in [0.15, 0.2) is 36.5 Å². The molecule has 0 unspecified atom stereocenters. The predicted molar refractivity (Wildman–Crippen MR) is 94.9 cm³/mol. The third-order valence-corrected chi connectivity index (χ3v) is 4.50. The van der Waals surface area contributed by atoms with Crippen LogP contribution in [-0.4, -0.2) is 34.9 Å². The van der Waals surface area contributed by atoms with E-state index in [1.165, 1.54) is 28.1 Å². The molecule has 23 heavy (non-hydrogen) atoms. The Labute approximate surface area is 136 Å². The number of pyridine rings is 1. The second kappa shape index (κ2) is 5.39. The molecule has 1 aliphatic rings. The van der Waals surface area contributed by atoms with Gasteiger partial charge in [0.2, 0.25) is 0 Å². The lowest BCUT2D eigenvalue weighted by molar-refractivity contribution is 0.396. The van der Waals surface area contributed by atoms with Crippen LogP contribution in [-0.2, 0) is 13.0 Å². The van der Waals surface area contributed by atoms with Crippen LogP contribution in [0.5, 0.6) is 0 Å². The number of hydrogen-bond acceptors (Lipinski definition) is 3. The Bertz CT molecular complexity index is 876. The van der Waals surface area contributed by atoms with Crippen molar-refractivity contribution in [2.45, 2.75) is 19.9 Å². The van der Waals surface area contributed by atoms with Gasteiger partial charge in [-0.3, -0.25) is 0 Å². The van der Waals surface area contributed by atoms with E-state index < -0.39 is 0 Å². The molecule has 0 atom stereocenters. The number of aryl methyl sites for hydroxylation is 1. The summed E-state index contributed by atoms with van der Waals surface area (Å²) < 4.78 is 2.23. The number of imidazole rings is 1. The van der Waals surface area contributed by atoms with Crippen molar-refractivity contribution in [3.63, 3.8) is 0 Å². The summed E-state index contributed by atoms with van der Waals surface area (Å²) in [7, 11) is 4.21. The second-order valence-electron chi connectivity index (χ2n) is 6.58. The molecule has 2 aromatic heterocycles.